The van der Waals surface area contributed by atoms with E-state index >= 15 is 0 Å². The van der Waals surface area contributed by atoms with Gasteiger partial charge in [-0.1, -0.05) is 0 Å². The van der Waals surface area contributed by atoms with Gasteiger partial charge >= 0.3 is 5.69 Å². The van der Waals surface area contributed by atoms with E-state index in [9.17, 15) is 9.59 Å². The van der Waals surface area contributed by atoms with Crippen LogP contribution in [-0.2, 0) is 20.6 Å². The standard InChI is InChI=1S/C9H11BrN4O2/c1-4-14-6-5(11-8(14)10)7(15)13(3)9(16)12(6)2/h4H2,1-3H3. The largest absolute Gasteiger partial charge is 0.332 e. The number of rotatable bonds is 1. The highest BCUT2D eigenvalue weighted by Gasteiger charge is 2.16. The smallest absolute Gasteiger partial charge is 0.305 e. The second-order valence-corrected chi connectivity index (χ2v) is 4.21. The lowest BCUT2D eigenvalue weighted by molar-refractivity contribution is 0.677. The van der Waals surface area contributed by atoms with Gasteiger partial charge in [0.15, 0.2) is 15.9 Å². The normalized spacial score (nSPS) is 11.2. The average molecular weight is 287 g/mol. The summed E-state index contributed by atoms with van der Waals surface area (Å²) in [6.07, 6.45) is 0. The fourth-order valence-electron chi connectivity index (χ4n) is 1.74. The Balaban J connectivity index is 3.15. The topological polar surface area (TPSA) is 61.8 Å². The van der Waals surface area contributed by atoms with Crippen LogP contribution < -0.4 is 11.2 Å². The number of aryl methyl sites for hydroxylation is 2. The summed E-state index contributed by atoms with van der Waals surface area (Å²) in [6.45, 7) is 2.56. The Morgan fingerprint density at radius 2 is 1.88 bits per heavy atom. The molecule has 0 unspecified atom stereocenters. The van der Waals surface area contributed by atoms with E-state index < -0.39 is 0 Å². The molecule has 0 saturated carbocycles. The molecule has 0 spiro atoms. The summed E-state index contributed by atoms with van der Waals surface area (Å²) >= 11 is 3.28. The van der Waals surface area contributed by atoms with Crippen molar-refractivity contribution in [3.05, 3.63) is 25.6 Å². The second kappa shape index (κ2) is 3.58. The van der Waals surface area contributed by atoms with Gasteiger partial charge < -0.3 is 4.57 Å². The monoisotopic (exact) mass is 286 g/mol. The second-order valence-electron chi connectivity index (χ2n) is 3.50. The van der Waals surface area contributed by atoms with Gasteiger partial charge in [0, 0.05) is 20.6 Å². The molecule has 0 radical (unpaired) electrons. The third kappa shape index (κ3) is 1.27. The molecule has 0 aromatic carbocycles. The number of nitrogens with zero attached hydrogens (tertiary/aromatic N) is 4. The number of imidazole rings is 1. The summed E-state index contributed by atoms with van der Waals surface area (Å²) in [7, 11) is 3.08. The quantitative estimate of drug-likeness (QED) is 0.705. The minimum Gasteiger partial charge on any atom is -0.305 e. The maximum absolute atomic E-state index is 11.8. The van der Waals surface area contributed by atoms with Crippen LogP contribution in [0.25, 0.3) is 11.2 Å². The number of hydrogen-bond acceptors (Lipinski definition) is 3. The van der Waals surface area contributed by atoms with E-state index in [2.05, 4.69) is 20.9 Å². The first kappa shape index (κ1) is 11.1. The molecular formula is C9H11BrN4O2. The molecule has 0 aliphatic heterocycles. The van der Waals surface area contributed by atoms with E-state index in [0.29, 0.717) is 22.4 Å². The lowest BCUT2D eigenvalue weighted by atomic mass is 10.5. The lowest BCUT2D eigenvalue weighted by Gasteiger charge is -2.06. The van der Waals surface area contributed by atoms with Crippen LogP contribution in [0.3, 0.4) is 0 Å². The first-order chi connectivity index (χ1) is 7.49. The predicted molar refractivity (Wildman–Crippen MR) is 63.6 cm³/mol. The highest BCUT2D eigenvalue weighted by molar-refractivity contribution is 9.10. The van der Waals surface area contributed by atoms with E-state index in [-0.39, 0.29) is 11.2 Å². The molecular weight excluding hydrogens is 276 g/mol. The molecule has 0 aliphatic carbocycles. The van der Waals surface area contributed by atoms with Gasteiger partial charge in [-0.25, -0.2) is 9.78 Å². The zero-order valence-corrected chi connectivity index (χ0v) is 10.8. The minimum atomic E-state index is -0.369. The van der Waals surface area contributed by atoms with Gasteiger partial charge in [-0.2, -0.15) is 0 Å². The van der Waals surface area contributed by atoms with Crippen LogP contribution in [0.4, 0.5) is 0 Å². The van der Waals surface area contributed by atoms with Gasteiger partial charge in [-0.3, -0.25) is 13.9 Å². The maximum Gasteiger partial charge on any atom is 0.332 e. The molecule has 2 heterocycles. The summed E-state index contributed by atoms with van der Waals surface area (Å²) in [5, 5.41) is 0. The molecule has 7 heteroatoms. The zero-order chi connectivity index (χ0) is 12.0. The van der Waals surface area contributed by atoms with Crippen LogP contribution in [-0.4, -0.2) is 18.7 Å². The Kier molecular flexibility index (Phi) is 2.49. The number of fused-ring (bicyclic) bond motifs is 1. The Hall–Kier alpha value is -1.37. The molecule has 2 aromatic heterocycles. The first-order valence-corrected chi connectivity index (χ1v) is 5.60. The van der Waals surface area contributed by atoms with E-state index in [1.807, 2.05) is 6.92 Å². The van der Waals surface area contributed by atoms with Crippen molar-refractivity contribution in [1.82, 2.24) is 18.7 Å². The summed E-state index contributed by atoms with van der Waals surface area (Å²) in [5.41, 5.74) is 0.131. The van der Waals surface area contributed by atoms with E-state index in [4.69, 9.17) is 0 Å². The number of halogens is 1. The SMILES string of the molecule is CCn1c(Br)nc2c(=O)n(C)c(=O)n(C)c21. The number of aromatic nitrogens is 4. The summed E-state index contributed by atoms with van der Waals surface area (Å²) < 4.78 is 4.82. The molecule has 2 aromatic rings. The van der Waals surface area contributed by atoms with Crippen LogP contribution in [0, 0.1) is 0 Å². The molecule has 16 heavy (non-hydrogen) atoms. The Morgan fingerprint density at radius 3 is 2.44 bits per heavy atom. The van der Waals surface area contributed by atoms with Crippen molar-refractivity contribution in [2.24, 2.45) is 14.1 Å². The molecule has 6 nitrogen and oxygen atoms in total. The zero-order valence-electron chi connectivity index (χ0n) is 9.19. The third-order valence-electron chi connectivity index (χ3n) is 2.61. The van der Waals surface area contributed by atoms with Gasteiger partial charge in [0.2, 0.25) is 0 Å². The van der Waals surface area contributed by atoms with Crippen molar-refractivity contribution in [2.75, 3.05) is 0 Å². The predicted octanol–water partition coefficient (Wildman–Crippen LogP) is 0.216. The molecule has 2 rings (SSSR count). The van der Waals surface area contributed by atoms with Crippen LogP contribution >= 0.6 is 15.9 Å². The van der Waals surface area contributed by atoms with E-state index in [1.165, 1.54) is 11.6 Å². The summed E-state index contributed by atoms with van der Waals surface area (Å²) in [6, 6.07) is 0. The van der Waals surface area contributed by atoms with Crippen molar-refractivity contribution in [2.45, 2.75) is 13.5 Å². The fraction of sp³-hybridized carbons (Fsp3) is 0.444. The first-order valence-electron chi connectivity index (χ1n) is 4.80. The maximum atomic E-state index is 11.8. The summed E-state index contributed by atoms with van der Waals surface area (Å²) in [4.78, 5) is 27.7. The Morgan fingerprint density at radius 1 is 1.25 bits per heavy atom. The molecule has 0 N–H and O–H groups in total. The van der Waals surface area contributed by atoms with Crippen molar-refractivity contribution in [3.63, 3.8) is 0 Å². The van der Waals surface area contributed by atoms with Gasteiger partial charge in [-0.05, 0) is 22.9 Å². The molecule has 86 valence electrons. The highest BCUT2D eigenvalue weighted by atomic mass is 79.9. The van der Waals surface area contributed by atoms with Crippen molar-refractivity contribution in [3.8, 4) is 0 Å². The Labute approximate surface area is 99.3 Å². The highest BCUT2D eigenvalue weighted by Crippen LogP contribution is 2.15. The van der Waals surface area contributed by atoms with Gasteiger partial charge in [-0.15, -0.1) is 0 Å². The van der Waals surface area contributed by atoms with E-state index in [0.717, 1.165) is 4.57 Å². The lowest BCUT2D eigenvalue weighted by Crippen LogP contribution is -2.37. The number of hydrogen-bond donors (Lipinski definition) is 0. The molecule has 0 amide bonds. The minimum absolute atomic E-state index is 0.304. The molecule has 0 saturated heterocycles. The van der Waals surface area contributed by atoms with Crippen molar-refractivity contribution in [1.29, 1.82) is 0 Å². The molecule has 0 aliphatic rings. The molecule has 0 atom stereocenters. The third-order valence-corrected chi connectivity index (χ3v) is 3.21. The van der Waals surface area contributed by atoms with Crippen molar-refractivity contribution >= 4 is 27.1 Å². The van der Waals surface area contributed by atoms with Crippen molar-refractivity contribution < 1.29 is 0 Å². The Bertz CT molecular complexity index is 679. The van der Waals surface area contributed by atoms with Crippen LogP contribution in [0.2, 0.25) is 0 Å². The van der Waals surface area contributed by atoms with Crippen LogP contribution in [0.5, 0.6) is 0 Å². The van der Waals surface area contributed by atoms with Gasteiger partial charge in [0.1, 0.15) is 0 Å². The van der Waals surface area contributed by atoms with E-state index in [1.54, 1.807) is 11.6 Å². The molecule has 0 bridgehead atoms. The molecule has 0 fully saturated rings. The average Bonchev–Trinajstić information content (AvgIpc) is 2.60. The van der Waals surface area contributed by atoms with Gasteiger partial charge in [0.05, 0.1) is 0 Å². The fourth-order valence-corrected chi connectivity index (χ4v) is 2.34. The summed E-state index contributed by atoms with van der Waals surface area (Å²) in [5.74, 6) is 0. The van der Waals surface area contributed by atoms with Gasteiger partial charge in [0.25, 0.3) is 5.56 Å². The van der Waals surface area contributed by atoms with Crippen LogP contribution in [0.1, 0.15) is 6.92 Å². The van der Waals surface area contributed by atoms with Crippen LogP contribution in [0.15, 0.2) is 14.3 Å².